The lowest BCUT2D eigenvalue weighted by Crippen LogP contribution is -2.25. The Bertz CT molecular complexity index is 4730. The minimum Gasteiger partial charge on any atom is -0.351 e. The summed E-state index contributed by atoms with van der Waals surface area (Å²) in [4.78, 5) is 54.3. The zero-order chi connectivity index (χ0) is 67.6. The Balaban J connectivity index is 0.000000116. The molecule has 12 aromatic heterocycles. The number of halogens is 3. The highest BCUT2D eigenvalue weighted by atomic mass is 19.1. The maximum atomic E-state index is 13.9. The number of aromatic nitrogens is 18. The first-order chi connectivity index (χ1) is 48.2. The lowest BCUT2D eigenvalue weighted by Gasteiger charge is -2.25. The topological polar surface area (TPSA) is 243 Å². The quantitative estimate of drug-likeness (QED) is 0.103. The van der Waals surface area contributed by atoms with Crippen molar-refractivity contribution in [3.63, 3.8) is 0 Å². The van der Waals surface area contributed by atoms with E-state index in [1.54, 1.807) is 32.1 Å². The average molecular weight is 1320 g/mol. The highest BCUT2D eigenvalue weighted by Crippen LogP contribution is 2.45. The number of nitrogens with one attached hydrogen (secondary N) is 3. The Kier molecular flexibility index (Phi) is 16.5. The summed E-state index contributed by atoms with van der Waals surface area (Å²) in [5.41, 5.74) is 22.8. The fraction of sp³-hybridized carbons (Fsp3) is 0.320. The van der Waals surface area contributed by atoms with E-state index in [1.807, 2.05) is 55.4 Å². The fourth-order valence-corrected chi connectivity index (χ4v) is 14.7. The first kappa shape index (κ1) is 62.7. The van der Waals surface area contributed by atoms with Gasteiger partial charge in [0.05, 0.1) is 54.3 Å². The van der Waals surface area contributed by atoms with Gasteiger partial charge in [-0.05, 0) is 165 Å². The molecule has 0 aliphatic heterocycles. The highest BCUT2D eigenvalue weighted by Gasteiger charge is 2.34. The first-order valence-electron chi connectivity index (χ1n) is 34.0. The van der Waals surface area contributed by atoms with Crippen molar-refractivity contribution in [3.05, 3.63) is 214 Å². The molecule has 0 aromatic carbocycles. The molecule has 24 heteroatoms. The normalized spacial score (nSPS) is 17.5. The average Bonchev–Trinajstić information content (AvgIpc) is 1.76. The highest BCUT2D eigenvalue weighted by molar-refractivity contribution is 5.78. The molecule has 498 valence electrons. The van der Waals surface area contributed by atoms with Gasteiger partial charge in [-0.2, -0.15) is 43.8 Å². The predicted molar refractivity (Wildman–Crippen MR) is 373 cm³/mol. The third-order valence-electron chi connectivity index (χ3n) is 19.7. The van der Waals surface area contributed by atoms with Crippen LogP contribution in [0, 0.1) is 17.5 Å². The summed E-state index contributed by atoms with van der Waals surface area (Å²) in [6.45, 7) is 12.6. The Morgan fingerprint density at radius 3 is 0.980 bits per heavy atom. The van der Waals surface area contributed by atoms with E-state index in [0.29, 0.717) is 52.0 Å². The summed E-state index contributed by atoms with van der Waals surface area (Å²) in [5, 5.41) is 24.6. The van der Waals surface area contributed by atoms with Crippen LogP contribution in [0.1, 0.15) is 168 Å². The molecule has 0 fully saturated rings. The number of fused-ring (bicyclic) bond motifs is 9. The molecule has 0 radical (unpaired) electrons. The molecule has 6 aliphatic rings. The molecule has 3 N–H and O–H groups in total. The van der Waals surface area contributed by atoms with E-state index in [9.17, 15) is 13.2 Å². The van der Waals surface area contributed by atoms with Crippen LogP contribution >= 0.6 is 0 Å². The molecular weight excluding hydrogens is 1250 g/mol. The van der Waals surface area contributed by atoms with Gasteiger partial charge < -0.3 is 16.0 Å². The Morgan fingerprint density at radius 2 is 0.697 bits per heavy atom. The van der Waals surface area contributed by atoms with Crippen LogP contribution in [0.2, 0.25) is 0 Å². The van der Waals surface area contributed by atoms with E-state index >= 15 is 0 Å². The van der Waals surface area contributed by atoms with E-state index in [1.165, 1.54) is 86.9 Å². The van der Waals surface area contributed by atoms with Gasteiger partial charge >= 0.3 is 0 Å². The van der Waals surface area contributed by atoms with Crippen LogP contribution in [-0.4, -0.2) is 107 Å². The SMILES string of the molecule is CC(C)c1cnn2c(NC3CCC4=C(C3)c3ncccc3C4)nc(-c3cncc(F)c3)nc12.CC(C)c1cnn2c(N[C@@H]3CCC4=C(C3)c3ncccc3C4)nc(-c3cncc(F)c3)nc12.CC(C)c1cnn2c(N[C@H]3CCC4=C(C3)c3ncccc3C4)nc(-c3cncc(F)c3)nc12. The summed E-state index contributed by atoms with van der Waals surface area (Å²) in [6, 6.07) is 17.4. The molecule has 0 bridgehead atoms. The van der Waals surface area contributed by atoms with Gasteiger partial charge in [0.15, 0.2) is 34.4 Å². The van der Waals surface area contributed by atoms with Crippen molar-refractivity contribution in [3.8, 4) is 34.2 Å². The summed E-state index contributed by atoms with van der Waals surface area (Å²) >= 11 is 0. The lowest BCUT2D eigenvalue weighted by molar-refractivity contribution is 0.621. The number of anilines is 3. The number of nitrogens with zero attached hydrogens (tertiary/aromatic N) is 18. The summed E-state index contributed by atoms with van der Waals surface area (Å²) < 4.78 is 46.9. The molecule has 1 unspecified atom stereocenters. The van der Waals surface area contributed by atoms with Crippen molar-refractivity contribution in [1.29, 1.82) is 0 Å². The van der Waals surface area contributed by atoms with Crippen LogP contribution in [-0.2, 0) is 19.3 Å². The Labute approximate surface area is 568 Å². The summed E-state index contributed by atoms with van der Waals surface area (Å²) in [7, 11) is 0. The molecule has 12 heterocycles. The third kappa shape index (κ3) is 12.3. The van der Waals surface area contributed by atoms with Crippen LogP contribution < -0.4 is 16.0 Å². The zero-order valence-electron chi connectivity index (χ0n) is 55.8. The van der Waals surface area contributed by atoms with Crippen LogP contribution in [0.15, 0.2) is 146 Å². The van der Waals surface area contributed by atoms with Crippen LogP contribution in [0.25, 0.3) is 67.8 Å². The van der Waals surface area contributed by atoms with Crippen molar-refractivity contribution in [2.45, 2.75) is 154 Å². The van der Waals surface area contributed by atoms with E-state index in [-0.39, 0.29) is 35.9 Å². The second kappa shape index (κ2) is 26.1. The van der Waals surface area contributed by atoms with Gasteiger partial charge in [-0.3, -0.25) is 29.9 Å². The summed E-state index contributed by atoms with van der Waals surface area (Å²) in [5.74, 6) is 2.62. The fourth-order valence-electron chi connectivity index (χ4n) is 14.7. The van der Waals surface area contributed by atoms with Crippen molar-refractivity contribution in [1.82, 2.24) is 88.6 Å². The van der Waals surface area contributed by atoms with Gasteiger partial charge in [-0.25, -0.2) is 28.1 Å². The zero-order valence-corrected chi connectivity index (χ0v) is 55.8. The number of hydrogen-bond donors (Lipinski definition) is 3. The third-order valence-corrected chi connectivity index (χ3v) is 19.7. The molecule has 0 spiro atoms. The standard InChI is InChI=1S/3C25H24FN7/c3*1-14(2)21-13-29-33-24(21)31-23(17-9-18(26)12-27-11-17)32-25(33)30-19-6-5-15-8-16-4-3-7-28-22(16)20(15)10-19/h3*3-4,7,9,11-14,19H,5-6,8,10H2,1-2H3,(H,30,31,32)/t2*19-;/m10./s1. The second-order valence-electron chi connectivity index (χ2n) is 27.3. The monoisotopic (exact) mass is 1320 g/mol. The number of allylic oxidation sites excluding steroid dienone is 3. The van der Waals surface area contributed by atoms with Gasteiger partial charge in [0, 0.05) is 88.7 Å². The van der Waals surface area contributed by atoms with E-state index in [4.69, 9.17) is 29.9 Å². The van der Waals surface area contributed by atoms with Gasteiger partial charge in [0.1, 0.15) is 17.5 Å². The lowest BCUT2D eigenvalue weighted by atomic mass is 9.89. The van der Waals surface area contributed by atoms with Crippen molar-refractivity contribution < 1.29 is 13.2 Å². The Morgan fingerprint density at radius 1 is 0.394 bits per heavy atom. The molecule has 0 amide bonds. The van der Waals surface area contributed by atoms with E-state index < -0.39 is 17.5 Å². The molecule has 6 aliphatic carbocycles. The van der Waals surface area contributed by atoms with Gasteiger partial charge in [-0.1, -0.05) is 76.5 Å². The number of rotatable bonds is 12. The minimum atomic E-state index is -0.415. The van der Waals surface area contributed by atoms with Gasteiger partial charge in [-0.15, -0.1) is 0 Å². The van der Waals surface area contributed by atoms with Gasteiger partial charge in [0.25, 0.3) is 0 Å². The maximum absolute atomic E-state index is 13.9. The first-order valence-corrected chi connectivity index (χ1v) is 34.0. The van der Waals surface area contributed by atoms with Crippen LogP contribution in [0.3, 0.4) is 0 Å². The van der Waals surface area contributed by atoms with Crippen LogP contribution in [0.5, 0.6) is 0 Å². The molecule has 18 rings (SSSR count). The maximum Gasteiger partial charge on any atom is 0.228 e. The minimum absolute atomic E-state index is 0.194. The molecular formula is C75H72F3N21. The van der Waals surface area contributed by atoms with Crippen molar-refractivity contribution in [2.75, 3.05) is 16.0 Å². The molecule has 99 heavy (non-hydrogen) atoms. The smallest absolute Gasteiger partial charge is 0.228 e. The van der Waals surface area contributed by atoms with Crippen molar-refractivity contribution in [2.24, 2.45) is 0 Å². The number of hydrogen-bond acceptors (Lipinski definition) is 18. The molecule has 3 atom stereocenters. The van der Waals surface area contributed by atoms with Crippen LogP contribution in [0.4, 0.5) is 31.0 Å². The van der Waals surface area contributed by atoms with Gasteiger partial charge in [0.2, 0.25) is 17.8 Å². The largest absolute Gasteiger partial charge is 0.351 e. The second-order valence-corrected chi connectivity index (χ2v) is 27.3. The van der Waals surface area contributed by atoms with E-state index in [0.717, 1.165) is 128 Å². The molecule has 0 saturated carbocycles. The molecule has 12 aromatic rings. The predicted octanol–water partition coefficient (Wildman–Crippen LogP) is 14.5. The Hall–Kier alpha value is -11.0. The number of pyridine rings is 6. The molecule has 0 saturated heterocycles. The van der Waals surface area contributed by atoms with E-state index in [2.05, 4.69) is 121 Å². The molecule has 21 nitrogen and oxygen atoms in total. The van der Waals surface area contributed by atoms with Crippen molar-refractivity contribution >= 4 is 51.5 Å². The summed E-state index contributed by atoms with van der Waals surface area (Å²) in [6.07, 6.45) is 31.3.